The summed E-state index contributed by atoms with van der Waals surface area (Å²) in [7, 11) is 0. The molecule has 2 rings (SSSR count). The predicted octanol–water partition coefficient (Wildman–Crippen LogP) is 0.567. The fourth-order valence-electron chi connectivity index (χ4n) is 1.20. The minimum atomic E-state index is 0.0946. The molecule has 0 atom stereocenters. The summed E-state index contributed by atoms with van der Waals surface area (Å²) in [5.41, 5.74) is 1.76. The standard InChI is InChI=1S/C8H10N4OS/c1-6-7(2-4-13)10-11-12(6)8-9-3-5-14-8/h3,5,13H,2,4H2,1H3. The van der Waals surface area contributed by atoms with E-state index in [1.165, 1.54) is 11.3 Å². The number of hydrogen-bond donors (Lipinski definition) is 1. The number of hydrogen-bond acceptors (Lipinski definition) is 5. The van der Waals surface area contributed by atoms with E-state index in [-0.39, 0.29) is 6.61 Å². The van der Waals surface area contributed by atoms with Crippen molar-refractivity contribution in [1.82, 2.24) is 20.0 Å². The van der Waals surface area contributed by atoms with Gasteiger partial charge in [-0.05, 0) is 6.92 Å². The van der Waals surface area contributed by atoms with Crippen LogP contribution in [0.3, 0.4) is 0 Å². The third-order valence-electron chi connectivity index (χ3n) is 1.94. The van der Waals surface area contributed by atoms with Gasteiger partial charge in [-0.1, -0.05) is 5.21 Å². The molecule has 74 valence electrons. The number of aliphatic hydroxyl groups is 1. The van der Waals surface area contributed by atoms with Crippen LogP contribution in [0.1, 0.15) is 11.4 Å². The predicted molar refractivity (Wildman–Crippen MR) is 52.6 cm³/mol. The molecule has 0 saturated carbocycles. The zero-order valence-corrected chi connectivity index (χ0v) is 8.53. The Morgan fingerprint density at radius 1 is 1.57 bits per heavy atom. The summed E-state index contributed by atoms with van der Waals surface area (Å²) in [4.78, 5) is 4.14. The summed E-state index contributed by atoms with van der Waals surface area (Å²) in [6.07, 6.45) is 2.27. The Bertz CT molecular complexity index is 409. The van der Waals surface area contributed by atoms with Crippen LogP contribution in [-0.2, 0) is 6.42 Å². The van der Waals surface area contributed by atoms with E-state index in [1.807, 2.05) is 12.3 Å². The maximum absolute atomic E-state index is 8.79. The molecule has 14 heavy (non-hydrogen) atoms. The van der Waals surface area contributed by atoms with Crippen molar-refractivity contribution in [3.63, 3.8) is 0 Å². The molecule has 0 aliphatic rings. The Balaban J connectivity index is 2.36. The summed E-state index contributed by atoms with van der Waals surface area (Å²) < 4.78 is 1.69. The van der Waals surface area contributed by atoms with Gasteiger partial charge in [0, 0.05) is 24.6 Å². The van der Waals surface area contributed by atoms with Crippen LogP contribution in [0.25, 0.3) is 5.13 Å². The Morgan fingerprint density at radius 3 is 3.07 bits per heavy atom. The number of rotatable bonds is 3. The normalized spacial score (nSPS) is 10.7. The maximum atomic E-state index is 8.79. The molecule has 2 aromatic heterocycles. The molecule has 0 radical (unpaired) electrons. The van der Waals surface area contributed by atoms with Gasteiger partial charge in [0.05, 0.1) is 11.4 Å². The van der Waals surface area contributed by atoms with Crippen LogP contribution >= 0.6 is 11.3 Å². The van der Waals surface area contributed by atoms with Gasteiger partial charge in [-0.2, -0.15) is 4.68 Å². The highest BCUT2D eigenvalue weighted by Gasteiger charge is 2.10. The first kappa shape index (κ1) is 9.29. The van der Waals surface area contributed by atoms with Crippen molar-refractivity contribution in [2.24, 2.45) is 0 Å². The Hall–Kier alpha value is -1.27. The lowest BCUT2D eigenvalue weighted by atomic mass is 10.3. The van der Waals surface area contributed by atoms with Crippen LogP contribution in [0.5, 0.6) is 0 Å². The van der Waals surface area contributed by atoms with Gasteiger partial charge < -0.3 is 5.11 Å². The number of aliphatic hydroxyl groups excluding tert-OH is 1. The zero-order chi connectivity index (χ0) is 9.97. The van der Waals surface area contributed by atoms with Crippen molar-refractivity contribution in [2.45, 2.75) is 13.3 Å². The molecule has 0 unspecified atom stereocenters. The fourth-order valence-corrected chi connectivity index (χ4v) is 1.84. The third kappa shape index (κ3) is 1.53. The first-order chi connectivity index (χ1) is 6.83. The van der Waals surface area contributed by atoms with Crippen LogP contribution in [0.15, 0.2) is 11.6 Å². The van der Waals surface area contributed by atoms with Gasteiger partial charge >= 0.3 is 0 Å². The van der Waals surface area contributed by atoms with Gasteiger partial charge in [-0.3, -0.25) is 0 Å². The molecule has 2 heterocycles. The average molecular weight is 210 g/mol. The molecule has 0 aliphatic carbocycles. The van der Waals surface area contributed by atoms with E-state index in [4.69, 9.17) is 5.11 Å². The summed E-state index contributed by atoms with van der Waals surface area (Å²) in [5, 5.41) is 19.5. The first-order valence-electron chi connectivity index (χ1n) is 4.25. The van der Waals surface area contributed by atoms with E-state index in [0.717, 1.165) is 16.5 Å². The molecule has 0 spiro atoms. The second-order valence-corrected chi connectivity index (χ2v) is 3.69. The topological polar surface area (TPSA) is 63.8 Å². The van der Waals surface area contributed by atoms with Crippen LogP contribution in [0.2, 0.25) is 0 Å². The second kappa shape index (κ2) is 3.85. The second-order valence-electron chi connectivity index (χ2n) is 2.82. The molecule has 0 fully saturated rings. The SMILES string of the molecule is Cc1c(CCO)nnn1-c1nccs1. The van der Waals surface area contributed by atoms with Gasteiger partial charge in [0.1, 0.15) is 0 Å². The zero-order valence-electron chi connectivity index (χ0n) is 7.71. The van der Waals surface area contributed by atoms with Gasteiger partial charge in [0.2, 0.25) is 5.13 Å². The van der Waals surface area contributed by atoms with E-state index in [9.17, 15) is 0 Å². The lowest BCUT2D eigenvalue weighted by Gasteiger charge is -1.97. The van der Waals surface area contributed by atoms with E-state index < -0.39 is 0 Å². The molecular weight excluding hydrogens is 200 g/mol. The van der Waals surface area contributed by atoms with Crippen molar-refractivity contribution >= 4 is 11.3 Å². The molecule has 5 nitrogen and oxygen atoms in total. The molecule has 0 aromatic carbocycles. The minimum absolute atomic E-state index is 0.0946. The van der Waals surface area contributed by atoms with Crippen LogP contribution in [0.4, 0.5) is 0 Å². The van der Waals surface area contributed by atoms with E-state index >= 15 is 0 Å². The minimum Gasteiger partial charge on any atom is -0.396 e. The highest BCUT2D eigenvalue weighted by molar-refractivity contribution is 7.12. The van der Waals surface area contributed by atoms with E-state index in [2.05, 4.69) is 15.3 Å². The molecule has 0 bridgehead atoms. The fraction of sp³-hybridized carbons (Fsp3) is 0.375. The Kier molecular flexibility index (Phi) is 2.55. The quantitative estimate of drug-likeness (QED) is 0.804. The number of thiazole rings is 1. The first-order valence-corrected chi connectivity index (χ1v) is 5.13. The van der Waals surface area contributed by atoms with E-state index in [0.29, 0.717) is 6.42 Å². The number of nitrogens with zero attached hydrogens (tertiary/aromatic N) is 4. The largest absolute Gasteiger partial charge is 0.396 e. The van der Waals surface area contributed by atoms with Crippen molar-refractivity contribution in [3.8, 4) is 5.13 Å². The lowest BCUT2D eigenvalue weighted by Crippen LogP contribution is -1.99. The van der Waals surface area contributed by atoms with Crippen molar-refractivity contribution < 1.29 is 5.11 Å². The smallest absolute Gasteiger partial charge is 0.211 e. The van der Waals surface area contributed by atoms with Crippen molar-refractivity contribution in [3.05, 3.63) is 23.0 Å². The van der Waals surface area contributed by atoms with Gasteiger partial charge in [0.15, 0.2) is 0 Å². The van der Waals surface area contributed by atoms with Crippen molar-refractivity contribution in [1.29, 1.82) is 0 Å². The third-order valence-corrected chi connectivity index (χ3v) is 2.69. The summed E-state index contributed by atoms with van der Waals surface area (Å²) in [6.45, 7) is 2.02. The highest BCUT2D eigenvalue weighted by Crippen LogP contribution is 2.14. The van der Waals surface area contributed by atoms with Gasteiger partial charge in [-0.25, -0.2) is 4.98 Å². The van der Waals surface area contributed by atoms with Crippen molar-refractivity contribution in [2.75, 3.05) is 6.61 Å². The number of aromatic nitrogens is 4. The van der Waals surface area contributed by atoms with Crippen LogP contribution < -0.4 is 0 Å². The molecule has 0 saturated heterocycles. The molecule has 1 N–H and O–H groups in total. The Morgan fingerprint density at radius 2 is 2.43 bits per heavy atom. The molecular formula is C8H10N4OS. The monoisotopic (exact) mass is 210 g/mol. The van der Waals surface area contributed by atoms with Gasteiger partial charge in [0.25, 0.3) is 0 Å². The highest BCUT2D eigenvalue weighted by atomic mass is 32.1. The lowest BCUT2D eigenvalue weighted by molar-refractivity contribution is 0.298. The van der Waals surface area contributed by atoms with Crippen LogP contribution in [0, 0.1) is 6.92 Å². The van der Waals surface area contributed by atoms with Gasteiger partial charge in [-0.15, -0.1) is 16.4 Å². The molecule has 2 aromatic rings. The maximum Gasteiger partial charge on any atom is 0.211 e. The summed E-state index contributed by atoms with van der Waals surface area (Å²) in [5.74, 6) is 0. The summed E-state index contributed by atoms with van der Waals surface area (Å²) in [6, 6.07) is 0. The molecule has 6 heteroatoms. The molecule has 0 aliphatic heterocycles. The van der Waals surface area contributed by atoms with Crippen LogP contribution in [-0.4, -0.2) is 31.7 Å². The summed E-state index contributed by atoms with van der Waals surface area (Å²) >= 11 is 1.51. The molecule has 0 amide bonds. The van der Waals surface area contributed by atoms with E-state index in [1.54, 1.807) is 10.9 Å². The Labute approximate surface area is 85.0 Å². The average Bonchev–Trinajstić information content (AvgIpc) is 2.77.